The molecule has 0 bridgehead atoms. The van der Waals surface area contributed by atoms with Crippen LogP contribution in [0.25, 0.3) is 44.9 Å². The van der Waals surface area contributed by atoms with E-state index in [-0.39, 0.29) is 5.82 Å². The summed E-state index contributed by atoms with van der Waals surface area (Å²) < 4.78 is 3.49. The van der Waals surface area contributed by atoms with Crippen molar-refractivity contribution in [1.82, 2.24) is 44.7 Å². The van der Waals surface area contributed by atoms with Crippen LogP contribution in [0.4, 0.5) is 5.82 Å². The predicted octanol–water partition coefficient (Wildman–Crippen LogP) is 4.11. The lowest BCUT2D eigenvalue weighted by molar-refractivity contribution is 0.370. The van der Waals surface area contributed by atoms with Gasteiger partial charge in [-0.05, 0) is 50.2 Å². The molecule has 5 heterocycles. The van der Waals surface area contributed by atoms with E-state index in [0.717, 1.165) is 22.2 Å². The van der Waals surface area contributed by atoms with Gasteiger partial charge >= 0.3 is 0 Å². The van der Waals surface area contributed by atoms with Gasteiger partial charge in [0, 0.05) is 36.6 Å². The fourth-order valence-electron chi connectivity index (χ4n) is 4.27. The largest absolute Gasteiger partial charge is 0.382 e. The minimum Gasteiger partial charge on any atom is -0.382 e. The summed E-state index contributed by atoms with van der Waals surface area (Å²) in [5, 5.41) is 14.3. The highest BCUT2D eigenvalue weighted by molar-refractivity contribution is 5.88. The van der Waals surface area contributed by atoms with Gasteiger partial charge in [0.1, 0.15) is 28.3 Å². The van der Waals surface area contributed by atoms with Crippen LogP contribution in [0.3, 0.4) is 0 Å². The van der Waals surface area contributed by atoms with E-state index in [1.165, 1.54) is 0 Å². The smallest absolute Gasteiger partial charge is 0.152 e. The van der Waals surface area contributed by atoms with E-state index < -0.39 is 5.54 Å². The highest BCUT2D eigenvalue weighted by Crippen LogP contribution is 2.34. The maximum Gasteiger partial charge on any atom is 0.152 e. The highest BCUT2D eigenvalue weighted by atomic mass is 15.4. The molecular weight excluding hydrogens is 464 g/mol. The number of nitrogens with two attached hydrogens (primary N) is 1. The Balaban J connectivity index is 1.50. The number of hydrogen-bond donors (Lipinski definition) is 1. The molecule has 0 aliphatic heterocycles. The normalized spacial score (nSPS) is 11.8. The van der Waals surface area contributed by atoms with Gasteiger partial charge in [-0.2, -0.15) is 5.10 Å². The molecule has 6 rings (SSSR count). The van der Waals surface area contributed by atoms with Crippen LogP contribution < -0.4 is 5.73 Å². The standard InChI is InChI=1S/C27H24N10/c1-27(2,22-8-4-5-12-30-22)37-16-21(33-35-37)25-26(28)32-24(20-11-14-36(3)34-20)23(31-25)18-9-10-19-17(15-18)7-6-13-29-19/h4-16H,1-3H3,(H2,28,32). The van der Waals surface area contributed by atoms with E-state index in [4.69, 9.17) is 15.7 Å². The van der Waals surface area contributed by atoms with Gasteiger partial charge in [0.2, 0.25) is 0 Å². The molecule has 5 aromatic heterocycles. The zero-order valence-electron chi connectivity index (χ0n) is 20.6. The zero-order valence-corrected chi connectivity index (χ0v) is 20.6. The molecule has 6 aromatic rings. The van der Waals surface area contributed by atoms with E-state index in [1.807, 2.05) is 87.9 Å². The average molecular weight is 489 g/mol. The number of aryl methyl sites for hydroxylation is 1. The SMILES string of the molecule is Cn1ccc(-c2nc(N)c(-c3cn(C(C)(C)c4ccccn4)nn3)nc2-c2ccc3ncccc3c2)n1. The molecule has 0 saturated carbocycles. The van der Waals surface area contributed by atoms with Gasteiger partial charge in [0.05, 0.1) is 23.1 Å². The van der Waals surface area contributed by atoms with Crippen molar-refractivity contribution in [2.24, 2.45) is 7.05 Å². The quantitative estimate of drug-likeness (QED) is 0.384. The first-order chi connectivity index (χ1) is 17.9. The van der Waals surface area contributed by atoms with Gasteiger partial charge < -0.3 is 5.73 Å². The third-order valence-corrected chi connectivity index (χ3v) is 6.36. The number of hydrogen-bond acceptors (Lipinski definition) is 8. The Morgan fingerprint density at radius 1 is 0.838 bits per heavy atom. The molecule has 0 saturated heterocycles. The van der Waals surface area contributed by atoms with Crippen molar-refractivity contribution in [3.05, 3.63) is 85.1 Å². The summed E-state index contributed by atoms with van der Waals surface area (Å²) >= 11 is 0. The van der Waals surface area contributed by atoms with Crippen LogP contribution in [0.2, 0.25) is 0 Å². The van der Waals surface area contributed by atoms with Crippen LogP contribution in [-0.4, -0.2) is 44.7 Å². The molecule has 37 heavy (non-hydrogen) atoms. The van der Waals surface area contributed by atoms with Crippen molar-refractivity contribution in [2.45, 2.75) is 19.4 Å². The van der Waals surface area contributed by atoms with Crippen molar-refractivity contribution in [2.75, 3.05) is 5.73 Å². The highest BCUT2D eigenvalue weighted by Gasteiger charge is 2.27. The van der Waals surface area contributed by atoms with Crippen molar-refractivity contribution in [3.63, 3.8) is 0 Å². The molecule has 1 aromatic carbocycles. The molecule has 2 N–H and O–H groups in total. The maximum absolute atomic E-state index is 6.46. The lowest BCUT2D eigenvalue weighted by Gasteiger charge is -2.23. The lowest BCUT2D eigenvalue weighted by Crippen LogP contribution is -2.29. The van der Waals surface area contributed by atoms with Gasteiger partial charge in [-0.15, -0.1) is 5.10 Å². The monoisotopic (exact) mass is 488 g/mol. The predicted molar refractivity (Wildman–Crippen MR) is 141 cm³/mol. The minimum absolute atomic E-state index is 0.245. The van der Waals surface area contributed by atoms with Gasteiger partial charge in [0.15, 0.2) is 5.82 Å². The third kappa shape index (κ3) is 3.98. The number of nitrogens with zero attached hydrogens (tertiary/aromatic N) is 9. The fourth-order valence-corrected chi connectivity index (χ4v) is 4.27. The topological polar surface area (TPSA) is 126 Å². The summed E-state index contributed by atoms with van der Waals surface area (Å²) in [7, 11) is 1.86. The van der Waals surface area contributed by atoms with Crippen LogP contribution in [0.15, 0.2) is 79.4 Å². The summed E-state index contributed by atoms with van der Waals surface area (Å²) in [5.41, 5.74) is 11.4. The van der Waals surface area contributed by atoms with E-state index in [9.17, 15) is 0 Å². The van der Waals surface area contributed by atoms with Crippen LogP contribution in [0.5, 0.6) is 0 Å². The van der Waals surface area contributed by atoms with Gasteiger partial charge in [0.25, 0.3) is 0 Å². The Bertz CT molecular complexity index is 1730. The van der Waals surface area contributed by atoms with E-state index >= 15 is 0 Å². The second kappa shape index (κ2) is 8.59. The maximum atomic E-state index is 6.46. The minimum atomic E-state index is -0.531. The van der Waals surface area contributed by atoms with Crippen molar-refractivity contribution < 1.29 is 0 Å². The molecular formula is C27H24N10. The molecule has 0 fully saturated rings. The van der Waals surface area contributed by atoms with Crippen LogP contribution >= 0.6 is 0 Å². The molecule has 10 nitrogen and oxygen atoms in total. The number of benzene rings is 1. The lowest BCUT2D eigenvalue weighted by atomic mass is 10.0. The molecule has 0 atom stereocenters. The molecule has 0 aliphatic carbocycles. The fraction of sp³-hybridized carbons (Fsp3) is 0.148. The summed E-state index contributed by atoms with van der Waals surface area (Å²) in [5.74, 6) is 0.245. The molecule has 0 aliphatic rings. The Hall–Kier alpha value is -4.99. The summed E-state index contributed by atoms with van der Waals surface area (Å²) in [6.45, 7) is 4.06. The zero-order chi connectivity index (χ0) is 25.6. The van der Waals surface area contributed by atoms with E-state index in [2.05, 4.69) is 25.4 Å². The van der Waals surface area contributed by atoms with Gasteiger partial charge in [-0.25, -0.2) is 14.6 Å². The molecule has 0 amide bonds. The van der Waals surface area contributed by atoms with Crippen molar-refractivity contribution in [3.8, 4) is 34.0 Å². The van der Waals surface area contributed by atoms with Gasteiger partial charge in [-0.3, -0.25) is 14.6 Å². The number of aromatic nitrogens is 9. The van der Waals surface area contributed by atoms with Crippen LogP contribution in [-0.2, 0) is 12.6 Å². The summed E-state index contributed by atoms with van der Waals surface area (Å²) in [6.07, 6.45) is 7.22. The molecule has 0 unspecified atom stereocenters. The molecule has 0 radical (unpaired) electrons. The third-order valence-electron chi connectivity index (χ3n) is 6.36. The Morgan fingerprint density at radius 2 is 1.70 bits per heavy atom. The number of anilines is 1. The first-order valence-corrected chi connectivity index (χ1v) is 11.8. The number of pyridine rings is 2. The van der Waals surface area contributed by atoms with E-state index in [1.54, 1.807) is 21.8 Å². The van der Waals surface area contributed by atoms with Gasteiger partial charge in [-0.1, -0.05) is 23.4 Å². The molecule has 10 heteroatoms. The number of rotatable bonds is 5. The average Bonchev–Trinajstić information content (AvgIpc) is 3.59. The summed E-state index contributed by atoms with van der Waals surface area (Å²) in [6, 6.07) is 17.6. The number of fused-ring (bicyclic) bond motifs is 1. The van der Waals surface area contributed by atoms with Crippen LogP contribution in [0.1, 0.15) is 19.5 Å². The second-order valence-electron chi connectivity index (χ2n) is 9.26. The Labute approximate surface area is 212 Å². The first-order valence-electron chi connectivity index (χ1n) is 11.8. The van der Waals surface area contributed by atoms with Crippen molar-refractivity contribution in [1.29, 1.82) is 0 Å². The van der Waals surface area contributed by atoms with E-state index in [0.29, 0.717) is 28.5 Å². The Morgan fingerprint density at radius 3 is 2.49 bits per heavy atom. The molecule has 182 valence electrons. The Kier molecular flexibility index (Phi) is 5.22. The first kappa shape index (κ1) is 22.5. The second-order valence-corrected chi connectivity index (χ2v) is 9.26. The summed E-state index contributed by atoms with van der Waals surface area (Å²) in [4.78, 5) is 18.7. The number of nitrogen functional groups attached to an aromatic ring is 1. The van der Waals surface area contributed by atoms with Crippen LogP contribution in [0, 0.1) is 0 Å². The van der Waals surface area contributed by atoms with Crippen molar-refractivity contribution >= 4 is 16.7 Å². The molecule has 0 spiro atoms.